The monoisotopic (exact) mass is 288 g/mol. The van der Waals surface area contributed by atoms with Gasteiger partial charge in [-0.2, -0.15) is 0 Å². The number of hydrogen-bond donors (Lipinski definition) is 2. The minimum Gasteiger partial charge on any atom is -0.384 e. The second-order valence-corrected chi connectivity index (χ2v) is 5.88. The van der Waals surface area contributed by atoms with Gasteiger partial charge in [-0.15, -0.1) is 0 Å². The molecule has 0 amide bonds. The molecule has 3 N–H and O–H groups in total. The smallest absolute Gasteiger partial charge is 0.242 e. The zero-order valence-electron chi connectivity index (χ0n) is 11.2. The summed E-state index contributed by atoms with van der Waals surface area (Å²) < 4.78 is 31.3. The highest BCUT2D eigenvalue weighted by molar-refractivity contribution is 7.89. The summed E-state index contributed by atoms with van der Waals surface area (Å²) in [6, 6.07) is 2.89. The molecule has 7 nitrogen and oxygen atoms in total. The first-order valence-electron chi connectivity index (χ1n) is 5.84. The number of nitrogen functional groups attached to an aromatic ring is 1. The van der Waals surface area contributed by atoms with Crippen molar-refractivity contribution in [1.82, 2.24) is 14.6 Å². The zero-order chi connectivity index (χ0) is 14.3. The number of ether oxygens (including phenoxy) is 1. The van der Waals surface area contributed by atoms with Crippen LogP contribution in [0.2, 0.25) is 0 Å². The minimum atomic E-state index is -3.52. The molecule has 0 atom stereocenters. The molecule has 8 heteroatoms. The van der Waals surface area contributed by atoms with E-state index in [0.29, 0.717) is 25.5 Å². The maximum absolute atomic E-state index is 11.9. The number of pyridine rings is 1. The highest BCUT2D eigenvalue weighted by Crippen LogP contribution is 2.07. The van der Waals surface area contributed by atoms with Crippen molar-refractivity contribution in [2.45, 2.75) is 4.90 Å². The van der Waals surface area contributed by atoms with E-state index in [1.165, 1.54) is 18.3 Å². The molecule has 1 rings (SSSR count). The first kappa shape index (κ1) is 15.8. The fourth-order valence-electron chi connectivity index (χ4n) is 1.36. The van der Waals surface area contributed by atoms with Crippen LogP contribution in [-0.4, -0.2) is 58.7 Å². The molecule has 0 saturated heterocycles. The highest BCUT2D eigenvalue weighted by Gasteiger charge is 2.13. The van der Waals surface area contributed by atoms with Gasteiger partial charge in [0.05, 0.1) is 6.61 Å². The maximum atomic E-state index is 11.9. The van der Waals surface area contributed by atoms with Crippen LogP contribution in [0.5, 0.6) is 0 Å². The molecule has 0 aliphatic carbocycles. The van der Waals surface area contributed by atoms with Crippen LogP contribution >= 0.6 is 0 Å². The number of likely N-dealkylation sites (N-methyl/N-ethyl adjacent to an activating group) is 1. The molecule has 0 aromatic carbocycles. The summed E-state index contributed by atoms with van der Waals surface area (Å²) >= 11 is 0. The van der Waals surface area contributed by atoms with Crippen molar-refractivity contribution < 1.29 is 13.2 Å². The molecule has 0 aliphatic rings. The van der Waals surface area contributed by atoms with Gasteiger partial charge in [0, 0.05) is 32.9 Å². The van der Waals surface area contributed by atoms with Crippen molar-refractivity contribution in [2.24, 2.45) is 0 Å². The number of hydrogen-bond acceptors (Lipinski definition) is 6. The van der Waals surface area contributed by atoms with E-state index >= 15 is 0 Å². The third-order valence-corrected chi connectivity index (χ3v) is 3.98. The van der Waals surface area contributed by atoms with Gasteiger partial charge in [-0.05, 0) is 19.2 Å². The normalized spacial score (nSPS) is 11.9. The van der Waals surface area contributed by atoms with Gasteiger partial charge < -0.3 is 15.4 Å². The number of sulfonamides is 1. The molecule has 0 fully saturated rings. The van der Waals surface area contributed by atoms with Crippen molar-refractivity contribution >= 4 is 15.8 Å². The van der Waals surface area contributed by atoms with E-state index in [2.05, 4.69) is 9.71 Å². The molecule has 19 heavy (non-hydrogen) atoms. The van der Waals surface area contributed by atoms with Crippen LogP contribution in [-0.2, 0) is 14.8 Å². The number of nitrogens with zero attached hydrogens (tertiary/aromatic N) is 2. The maximum Gasteiger partial charge on any atom is 0.242 e. The van der Waals surface area contributed by atoms with Gasteiger partial charge in [0.15, 0.2) is 0 Å². The molecule has 0 saturated carbocycles. The van der Waals surface area contributed by atoms with Gasteiger partial charge >= 0.3 is 0 Å². The third-order valence-electron chi connectivity index (χ3n) is 2.53. The first-order chi connectivity index (χ1) is 8.95. The largest absolute Gasteiger partial charge is 0.384 e. The van der Waals surface area contributed by atoms with Crippen molar-refractivity contribution in [2.75, 3.05) is 46.1 Å². The Balaban J connectivity index is 2.45. The van der Waals surface area contributed by atoms with Gasteiger partial charge in [-0.1, -0.05) is 0 Å². The standard InChI is InChI=1S/C11H20N4O3S/c1-15(7-8-18-2)6-5-14-19(16,17)10-3-4-11(12)13-9-10/h3-4,9,14H,5-8H2,1-2H3,(H2,12,13). The Kier molecular flexibility index (Phi) is 6.16. The number of nitrogens with two attached hydrogens (primary N) is 1. The lowest BCUT2D eigenvalue weighted by Gasteiger charge is -2.16. The number of nitrogens with one attached hydrogen (secondary N) is 1. The van der Waals surface area contributed by atoms with Crippen LogP contribution < -0.4 is 10.5 Å². The molecular formula is C11H20N4O3S. The van der Waals surface area contributed by atoms with Crippen molar-refractivity contribution in [1.29, 1.82) is 0 Å². The van der Waals surface area contributed by atoms with Crippen molar-refractivity contribution in [3.05, 3.63) is 18.3 Å². The fraction of sp³-hybridized carbons (Fsp3) is 0.545. The van der Waals surface area contributed by atoms with E-state index in [1.807, 2.05) is 11.9 Å². The number of methoxy groups -OCH3 is 1. The van der Waals surface area contributed by atoms with Gasteiger partial charge in [-0.25, -0.2) is 18.1 Å². The Bertz CT molecular complexity index is 475. The van der Waals surface area contributed by atoms with E-state index in [4.69, 9.17) is 10.5 Å². The number of anilines is 1. The van der Waals surface area contributed by atoms with Crippen LogP contribution in [0.15, 0.2) is 23.2 Å². The van der Waals surface area contributed by atoms with E-state index in [1.54, 1.807) is 7.11 Å². The van der Waals surface area contributed by atoms with Crippen LogP contribution in [0.4, 0.5) is 5.82 Å². The summed E-state index contributed by atoms with van der Waals surface area (Å²) in [5.41, 5.74) is 5.41. The van der Waals surface area contributed by atoms with Crippen LogP contribution in [0.25, 0.3) is 0 Å². The summed E-state index contributed by atoms with van der Waals surface area (Å²) in [7, 11) is 0.0113. The van der Waals surface area contributed by atoms with Crippen LogP contribution in [0, 0.1) is 0 Å². The molecular weight excluding hydrogens is 268 g/mol. The minimum absolute atomic E-state index is 0.112. The second-order valence-electron chi connectivity index (χ2n) is 4.11. The fourth-order valence-corrected chi connectivity index (χ4v) is 2.33. The average molecular weight is 288 g/mol. The lowest BCUT2D eigenvalue weighted by atomic mass is 10.5. The van der Waals surface area contributed by atoms with Crippen LogP contribution in [0.3, 0.4) is 0 Å². The Hall–Kier alpha value is -1.22. The summed E-state index contributed by atoms with van der Waals surface area (Å²) in [6.45, 7) is 2.30. The first-order valence-corrected chi connectivity index (χ1v) is 7.32. The summed E-state index contributed by atoms with van der Waals surface area (Å²) in [4.78, 5) is 5.85. The van der Waals surface area contributed by atoms with Gasteiger partial charge in [0.1, 0.15) is 10.7 Å². The molecule has 1 aromatic heterocycles. The molecule has 0 unspecified atom stereocenters. The Morgan fingerprint density at radius 2 is 2.16 bits per heavy atom. The van der Waals surface area contributed by atoms with Gasteiger partial charge in [0.2, 0.25) is 10.0 Å². The topological polar surface area (TPSA) is 97.5 Å². The number of aromatic nitrogens is 1. The Morgan fingerprint density at radius 3 is 2.74 bits per heavy atom. The Morgan fingerprint density at radius 1 is 1.42 bits per heavy atom. The van der Waals surface area contributed by atoms with Gasteiger partial charge in [0.25, 0.3) is 0 Å². The summed E-state index contributed by atoms with van der Waals surface area (Å²) in [5, 5.41) is 0. The predicted molar refractivity (Wildman–Crippen MR) is 73.2 cm³/mol. The highest BCUT2D eigenvalue weighted by atomic mass is 32.2. The quantitative estimate of drug-likeness (QED) is 0.670. The molecule has 0 spiro atoms. The molecule has 0 radical (unpaired) electrons. The van der Waals surface area contributed by atoms with Crippen molar-refractivity contribution in [3.63, 3.8) is 0 Å². The lowest BCUT2D eigenvalue weighted by molar-refractivity contribution is 0.162. The zero-order valence-corrected chi connectivity index (χ0v) is 12.0. The summed E-state index contributed by atoms with van der Waals surface area (Å²) in [6.07, 6.45) is 1.24. The molecule has 0 aliphatic heterocycles. The average Bonchev–Trinajstić information content (AvgIpc) is 2.36. The second kappa shape index (κ2) is 7.39. The molecule has 1 aromatic rings. The van der Waals surface area contributed by atoms with Crippen LogP contribution in [0.1, 0.15) is 0 Å². The summed E-state index contributed by atoms with van der Waals surface area (Å²) in [5.74, 6) is 0.290. The van der Waals surface area contributed by atoms with Gasteiger partial charge in [-0.3, -0.25) is 0 Å². The van der Waals surface area contributed by atoms with E-state index in [0.717, 1.165) is 6.54 Å². The number of rotatable bonds is 8. The van der Waals surface area contributed by atoms with Crippen molar-refractivity contribution in [3.8, 4) is 0 Å². The predicted octanol–water partition coefficient (Wildman–Crippen LogP) is -0.480. The van der Waals surface area contributed by atoms with E-state index in [9.17, 15) is 8.42 Å². The van der Waals surface area contributed by atoms with E-state index < -0.39 is 10.0 Å². The third kappa shape index (κ3) is 5.52. The van der Waals surface area contributed by atoms with E-state index in [-0.39, 0.29) is 4.90 Å². The molecule has 0 bridgehead atoms. The lowest BCUT2D eigenvalue weighted by Crippen LogP contribution is -2.34. The Labute approximate surface area is 113 Å². The molecule has 1 heterocycles. The SMILES string of the molecule is COCCN(C)CCNS(=O)(=O)c1ccc(N)nc1. The molecule has 108 valence electrons.